The van der Waals surface area contributed by atoms with E-state index in [1.165, 1.54) is 45.1 Å². The fourth-order valence-electron chi connectivity index (χ4n) is 3.55. The number of hydrogen-bond acceptors (Lipinski definition) is 2. The van der Waals surface area contributed by atoms with E-state index in [9.17, 15) is 0 Å². The Bertz CT molecular complexity index is 275. The molecule has 96 valence electrons. The summed E-state index contributed by atoms with van der Waals surface area (Å²) in [6.07, 6.45) is 7.80. The van der Waals surface area contributed by atoms with E-state index >= 15 is 0 Å². The molecular formula is C14H26BNO. The van der Waals surface area contributed by atoms with Crippen molar-refractivity contribution in [1.29, 1.82) is 0 Å². The minimum atomic E-state index is 0.519. The lowest BCUT2D eigenvalue weighted by Crippen LogP contribution is -2.34. The van der Waals surface area contributed by atoms with Gasteiger partial charge in [-0.15, -0.1) is 0 Å². The van der Waals surface area contributed by atoms with Crippen molar-refractivity contribution in [2.45, 2.75) is 39.3 Å². The molecule has 17 heavy (non-hydrogen) atoms. The second-order valence-electron chi connectivity index (χ2n) is 5.68. The zero-order valence-electron chi connectivity index (χ0n) is 11.6. The fraction of sp³-hybridized carbons (Fsp3) is 0.857. The Hall–Kier alpha value is -0.275. The Kier molecular flexibility index (Phi) is 4.69. The fourth-order valence-corrected chi connectivity index (χ4v) is 3.55. The molecule has 1 heterocycles. The number of nitrogens with zero attached hydrogens (tertiary/aromatic N) is 1. The highest BCUT2D eigenvalue weighted by atomic mass is 16.4. The Labute approximate surface area is 107 Å². The number of likely N-dealkylation sites (N-methyl/N-ethyl adjacent to an activating group) is 1. The largest absolute Gasteiger partial charge is 0.438 e. The van der Waals surface area contributed by atoms with Gasteiger partial charge in [0.15, 0.2) is 0 Å². The first kappa shape index (κ1) is 13.2. The Morgan fingerprint density at radius 2 is 2.12 bits per heavy atom. The minimum absolute atomic E-state index is 0.519. The zero-order chi connectivity index (χ0) is 12.3. The van der Waals surface area contributed by atoms with Gasteiger partial charge in [0.05, 0.1) is 0 Å². The maximum Gasteiger partial charge on any atom is 0.293 e. The molecule has 0 amide bonds. The van der Waals surface area contributed by atoms with Crippen LogP contribution in [-0.4, -0.2) is 38.6 Å². The van der Waals surface area contributed by atoms with Crippen LogP contribution in [0.1, 0.15) is 26.7 Å². The molecule has 2 nitrogen and oxygen atoms in total. The molecule has 3 heteroatoms. The molecule has 0 aromatic carbocycles. The maximum absolute atomic E-state index is 5.55. The molecule has 2 unspecified atom stereocenters. The van der Waals surface area contributed by atoms with Crippen LogP contribution in [-0.2, 0) is 4.65 Å². The van der Waals surface area contributed by atoms with E-state index in [2.05, 4.69) is 24.8 Å². The van der Waals surface area contributed by atoms with Crippen LogP contribution in [0.3, 0.4) is 0 Å². The van der Waals surface area contributed by atoms with E-state index in [4.69, 9.17) is 4.65 Å². The topological polar surface area (TPSA) is 12.5 Å². The summed E-state index contributed by atoms with van der Waals surface area (Å²) >= 11 is 0. The molecule has 0 aromatic rings. The van der Waals surface area contributed by atoms with E-state index < -0.39 is 0 Å². The molecule has 0 spiro atoms. The summed E-state index contributed by atoms with van der Waals surface area (Å²) in [5.74, 6) is 1.67. The third kappa shape index (κ3) is 3.35. The number of hydrogen-bond donors (Lipinski definition) is 0. The van der Waals surface area contributed by atoms with Gasteiger partial charge in [0.1, 0.15) is 0 Å². The Balaban J connectivity index is 1.95. The average Bonchev–Trinajstić information content (AvgIpc) is 2.34. The molecule has 2 atom stereocenters. The summed E-state index contributed by atoms with van der Waals surface area (Å²) in [5.41, 5.74) is 1.68. The maximum atomic E-state index is 5.55. The molecule has 1 fully saturated rings. The van der Waals surface area contributed by atoms with Gasteiger partial charge in [-0.25, -0.2) is 0 Å². The highest BCUT2D eigenvalue weighted by Gasteiger charge is 2.34. The van der Waals surface area contributed by atoms with Crippen LogP contribution in [0.15, 0.2) is 11.6 Å². The summed E-state index contributed by atoms with van der Waals surface area (Å²) in [7, 11) is 1.87. The lowest BCUT2D eigenvalue weighted by atomic mass is 9.48. The van der Waals surface area contributed by atoms with E-state index in [0.717, 1.165) is 11.8 Å². The summed E-state index contributed by atoms with van der Waals surface area (Å²) in [4.78, 5) is 2.53. The summed E-state index contributed by atoms with van der Waals surface area (Å²) in [6, 6.07) is 0. The molecule has 2 rings (SSSR count). The van der Waals surface area contributed by atoms with Crippen molar-refractivity contribution in [2.75, 3.05) is 26.7 Å². The first-order valence-electron chi connectivity index (χ1n) is 7.19. The highest BCUT2D eigenvalue weighted by Crippen LogP contribution is 2.39. The van der Waals surface area contributed by atoms with Crippen molar-refractivity contribution in [1.82, 2.24) is 4.90 Å². The number of fused-ring (bicyclic) bond motifs is 2. The van der Waals surface area contributed by atoms with E-state index in [0.29, 0.717) is 6.92 Å². The van der Waals surface area contributed by atoms with Crippen molar-refractivity contribution in [3.8, 4) is 0 Å². The van der Waals surface area contributed by atoms with Gasteiger partial charge in [0, 0.05) is 13.7 Å². The third-order valence-corrected chi connectivity index (χ3v) is 4.47. The highest BCUT2D eigenvalue weighted by molar-refractivity contribution is 6.52. The molecule has 0 radical (unpaired) electrons. The molecule has 1 saturated heterocycles. The molecule has 0 aromatic heterocycles. The number of allylic oxidation sites excluding steroid dienone is 1. The van der Waals surface area contributed by atoms with E-state index in [1.54, 1.807) is 5.57 Å². The van der Waals surface area contributed by atoms with Gasteiger partial charge in [-0.2, -0.15) is 0 Å². The first-order valence-corrected chi connectivity index (χ1v) is 7.19. The van der Waals surface area contributed by atoms with Gasteiger partial charge in [0.2, 0.25) is 0 Å². The van der Waals surface area contributed by atoms with Crippen LogP contribution in [0, 0.1) is 11.8 Å². The first-order chi connectivity index (χ1) is 8.25. The average molecular weight is 235 g/mol. The molecule has 1 aliphatic heterocycles. The minimum Gasteiger partial charge on any atom is -0.438 e. The lowest BCUT2D eigenvalue weighted by Gasteiger charge is -2.37. The van der Waals surface area contributed by atoms with Crippen molar-refractivity contribution < 1.29 is 4.65 Å². The van der Waals surface area contributed by atoms with Crippen LogP contribution in [0.5, 0.6) is 0 Å². The van der Waals surface area contributed by atoms with Gasteiger partial charge in [-0.1, -0.05) is 25.5 Å². The molecule has 2 bridgehead atoms. The van der Waals surface area contributed by atoms with Crippen LogP contribution in [0.2, 0.25) is 12.6 Å². The van der Waals surface area contributed by atoms with Gasteiger partial charge in [0.25, 0.3) is 6.92 Å². The van der Waals surface area contributed by atoms with Gasteiger partial charge < -0.3 is 4.65 Å². The van der Waals surface area contributed by atoms with Crippen LogP contribution >= 0.6 is 0 Å². The SMILES string of the molecule is CCN(CC)CC1=CC2CB(OC)CC(C1)C2. The van der Waals surface area contributed by atoms with Crippen molar-refractivity contribution in [3.05, 3.63) is 11.6 Å². The summed E-state index contributed by atoms with van der Waals surface area (Å²) < 4.78 is 5.55. The van der Waals surface area contributed by atoms with Gasteiger partial charge in [-0.3, -0.25) is 4.90 Å². The molecule has 0 saturated carbocycles. The van der Waals surface area contributed by atoms with Crippen molar-refractivity contribution >= 4 is 6.92 Å². The lowest BCUT2D eigenvalue weighted by molar-refractivity contribution is 0.299. The van der Waals surface area contributed by atoms with Crippen LogP contribution < -0.4 is 0 Å². The monoisotopic (exact) mass is 235 g/mol. The summed E-state index contributed by atoms with van der Waals surface area (Å²) in [5, 5.41) is 0. The second-order valence-corrected chi connectivity index (χ2v) is 5.68. The van der Waals surface area contributed by atoms with E-state index in [-0.39, 0.29) is 0 Å². The molecule has 1 aliphatic carbocycles. The predicted octanol–water partition coefficient (Wildman–Crippen LogP) is 2.93. The Morgan fingerprint density at radius 3 is 2.71 bits per heavy atom. The molecule has 0 N–H and O–H groups in total. The molecular weight excluding hydrogens is 209 g/mol. The zero-order valence-corrected chi connectivity index (χ0v) is 11.6. The number of rotatable bonds is 5. The van der Waals surface area contributed by atoms with Crippen LogP contribution in [0.4, 0.5) is 0 Å². The third-order valence-electron chi connectivity index (χ3n) is 4.47. The van der Waals surface area contributed by atoms with Crippen molar-refractivity contribution in [3.63, 3.8) is 0 Å². The van der Waals surface area contributed by atoms with Gasteiger partial charge in [-0.05, 0) is 50.4 Å². The normalized spacial score (nSPS) is 28.5. The predicted molar refractivity (Wildman–Crippen MR) is 74.5 cm³/mol. The Morgan fingerprint density at radius 1 is 1.35 bits per heavy atom. The quantitative estimate of drug-likeness (QED) is 0.536. The second kappa shape index (κ2) is 6.06. The molecule has 2 aliphatic rings. The van der Waals surface area contributed by atoms with E-state index in [1.807, 2.05) is 7.11 Å². The van der Waals surface area contributed by atoms with Gasteiger partial charge >= 0.3 is 0 Å². The smallest absolute Gasteiger partial charge is 0.293 e. The standard InChI is InChI=1S/C14H26BNO/c1-4-16(5-2)11-14-7-12-6-13(8-14)10-15(9-12)17-3/h7,12-13H,4-6,8-11H2,1-3H3. The summed E-state index contributed by atoms with van der Waals surface area (Å²) in [6.45, 7) is 8.57. The van der Waals surface area contributed by atoms with Crippen molar-refractivity contribution in [2.24, 2.45) is 11.8 Å². The van der Waals surface area contributed by atoms with Crippen LogP contribution in [0.25, 0.3) is 0 Å².